The van der Waals surface area contributed by atoms with E-state index in [1.807, 2.05) is 12.1 Å². The van der Waals surface area contributed by atoms with Crippen LogP contribution in [0.3, 0.4) is 0 Å². The molecule has 0 unspecified atom stereocenters. The summed E-state index contributed by atoms with van der Waals surface area (Å²) in [5.41, 5.74) is 8.58. The van der Waals surface area contributed by atoms with Gasteiger partial charge in [0.25, 0.3) is 0 Å². The van der Waals surface area contributed by atoms with Crippen molar-refractivity contribution in [2.75, 3.05) is 19.6 Å². The molecule has 0 saturated carbocycles. The van der Waals surface area contributed by atoms with Gasteiger partial charge in [-0.05, 0) is 86.0 Å². The summed E-state index contributed by atoms with van der Waals surface area (Å²) in [6.07, 6.45) is 6.05. The Hall–Kier alpha value is -2.57. The Bertz CT molecular complexity index is 913. The molecule has 1 fully saturated rings. The van der Waals surface area contributed by atoms with Gasteiger partial charge in [-0.25, -0.2) is 0 Å². The van der Waals surface area contributed by atoms with Crippen molar-refractivity contribution in [3.8, 4) is 6.07 Å². The lowest BCUT2D eigenvalue weighted by atomic mass is 9.88. The number of rotatable bonds is 9. The van der Waals surface area contributed by atoms with Crippen LogP contribution in [0.15, 0.2) is 43.0 Å². The summed E-state index contributed by atoms with van der Waals surface area (Å²) in [6, 6.07) is 15.0. The quantitative estimate of drug-likeness (QED) is 0.488. The number of piperidine rings is 1. The molecule has 0 aromatic heterocycles. The Morgan fingerprint density at radius 1 is 1.10 bits per heavy atom. The van der Waals surface area contributed by atoms with Crippen LogP contribution in [-0.2, 0) is 6.54 Å². The molecule has 0 atom stereocenters. The Labute approximate surface area is 188 Å². The molecule has 1 N–H and O–H groups in total. The zero-order chi connectivity index (χ0) is 22.2. The molecule has 0 spiro atoms. The summed E-state index contributed by atoms with van der Waals surface area (Å²) < 4.78 is 0. The van der Waals surface area contributed by atoms with E-state index in [0.29, 0.717) is 5.92 Å². The van der Waals surface area contributed by atoms with Gasteiger partial charge in [-0.2, -0.15) is 5.26 Å². The molecule has 1 aliphatic heterocycles. The topological polar surface area (TPSA) is 39.1 Å². The van der Waals surface area contributed by atoms with E-state index < -0.39 is 0 Å². The third-order valence-corrected chi connectivity index (χ3v) is 6.65. The number of nitriles is 1. The summed E-state index contributed by atoms with van der Waals surface area (Å²) in [6.45, 7) is 15.2. The highest BCUT2D eigenvalue weighted by atomic mass is 15.1. The first kappa shape index (κ1) is 23.1. The Kier molecular flexibility index (Phi) is 8.32. The number of nitrogens with zero attached hydrogens (tertiary/aromatic N) is 2. The highest BCUT2D eigenvalue weighted by molar-refractivity contribution is 5.66. The van der Waals surface area contributed by atoms with Gasteiger partial charge in [0.2, 0.25) is 0 Å². The van der Waals surface area contributed by atoms with E-state index in [2.05, 4.69) is 67.9 Å². The van der Waals surface area contributed by atoms with E-state index >= 15 is 0 Å². The van der Waals surface area contributed by atoms with Crippen LogP contribution >= 0.6 is 0 Å². The van der Waals surface area contributed by atoms with Crippen LogP contribution < -0.4 is 5.32 Å². The lowest BCUT2D eigenvalue weighted by molar-refractivity contribution is 0.299. The van der Waals surface area contributed by atoms with Crippen molar-refractivity contribution >= 4 is 5.70 Å². The number of hydrogen-bond acceptors (Lipinski definition) is 3. The van der Waals surface area contributed by atoms with Gasteiger partial charge >= 0.3 is 0 Å². The Morgan fingerprint density at radius 2 is 1.81 bits per heavy atom. The fourth-order valence-electron chi connectivity index (χ4n) is 4.60. The van der Waals surface area contributed by atoms with Gasteiger partial charge in [0.15, 0.2) is 0 Å². The van der Waals surface area contributed by atoms with Gasteiger partial charge in [-0.3, -0.25) is 0 Å². The second-order valence-electron chi connectivity index (χ2n) is 8.92. The Balaban J connectivity index is 1.61. The minimum atomic E-state index is 0.568. The first-order chi connectivity index (χ1) is 15.0. The minimum absolute atomic E-state index is 0.568. The van der Waals surface area contributed by atoms with Crippen molar-refractivity contribution in [1.29, 1.82) is 5.26 Å². The molecule has 3 nitrogen and oxygen atoms in total. The zero-order valence-corrected chi connectivity index (χ0v) is 19.5. The maximum absolute atomic E-state index is 9.01. The molecule has 164 valence electrons. The van der Waals surface area contributed by atoms with Gasteiger partial charge in [-0.15, -0.1) is 0 Å². The van der Waals surface area contributed by atoms with Crippen LogP contribution in [0.25, 0.3) is 5.70 Å². The van der Waals surface area contributed by atoms with Crippen molar-refractivity contribution < 1.29 is 0 Å². The standard InChI is InChI=1S/C28H37N3/c1-5-6-7-14-30-20-27-18-28(22(3)17-21(27)2)23(4)31-15-12-26(13-16-31)25-10-8-24(19-29)9-11-25/h8-11,17-18,26,30H,4-7,12-16,20H2,1-3H3. The predicted octanol–water partition coefficient (Wildman–Crippen LogP) is 6.31. The van der Waals surface area contributed by atoms with Gasteiger partial charge in [0, 0.05) is 30.9 Å². The summed E-state index contributed by atoms with van der Waals surface area (Å²) in [7, 11) is 0. The van der Waals surface area contributed by atoms with Crippen LogP contribution in [-0.4, -0.2) is 24.5 Å². The molecule has 31 heavy (non-hydrogen) atoms. The van der Waals surface area contributed by atoms with Crippen molar-refractivity contribution in [2.24, 2.45) is 0 Å². The molecule has 0 amide bonds. The van der Waals surface area contributed by atoms with Crippen molar-refractivity contribution in [3.05, 3.63) is 76.4 Å². The molecule has 2 aromatic rings. The second-order valence-corrected chi connectivity index (χ2v) is 8.92. The first-order valence-electron chi connectivity index (χ1n) is 11.8. The zero-order valence-electron chi connectivity index (χ0n) is 19.5. The van der Waals surface area contributed by atoms with Crippen LogP contribution in [0.4, 0.5) is 0 Å². The van der Waals surface area contributed by atoms with E-state index in [1.165, 1.54) is 47.1 Å². The average Bonchev–Trinajstić information content (AvgIpc) is 2.80. The third kappa shape index (κ3) is 5.99. The smallest absolute Gasteiger partial charge is 0.0991 e. The van der Waals surface area contributed by atoms with E-state index in [1.54, 1.807) is 0 Å². The lowest BCUT2D eigenvalue weighted by Gasteiger charge is -2.35. The molecule has 3 rings (SSSR count). The lowest BCUT2D eigenvalue weighted by Crippen LogP contribution is -2.31. The van der Waals surface area contributed by atoms with Crippen LogP contribution in [0.1, 0.15) is 78.3 Å². The van der Waals surface area contributed by atoms with Crippen molar-refractivity contribution in [2.45, 2.75) is 65.3 Å². The fraction of sp³-hybridized carbons (Fsp3) is 0.464. The highest BCUT2D eigenvalue weighted by Crippen LogP contribution is 2.33. The number of hydrogen-bond donors (Lipinski definition) is 1. The molecule has 3 heteroatoms. The van der Waals surface area contributed by atoms with Gasteiger partial charge in [0.05, 0.1) is 11.6 Å². The normalized spacial score (nSPS) is 14.5. The molecular weight excluding hydrogens is 378 g/mol. The number of aryl methyl sites for hydroxylation is 2. The highest BCUT2D eigenvalue weighted by Gasteiger charge is 2.22. The van der Waals surface area contributed by atoms with E-state index in [-0.39, 0.29) is 0 Å². The van der Waals surface area contributed by atoms with Crippen LogP contribution in [0, 0.1) is 25.2 Å². The summed E-state index contributed by atoms with van der Waals surface area (Å²) >= 11 is 0. The second kappa shape index (κ2) is 11.2. The molecular formula is C28H37N3. The maximum atomic E-state index is 9.01. The van der Waals surface area contributed by atoms with E-state index in [4.69, 9.17) is 5.26 Å². The number of benzene rings is 2. The van der Waals surface area contributed by atoms with Crippen molar-refractivity contribution in [1.82, 2.24) is 10.2 Å². The third-order valence-electron chi connectivity index (χ3n) is 6.65. The van der Waals surface area contributed by atoms with Gasteiger partial charge < -0.3 is 10.2 Å². The number of nitrogens with one attached hydrogen (secondary N) is 1. The fourth-order valence-corrected chi connectivity index (χ4v) is 4.60. The predicted molar refractivity (Wildman–Crippen MR) is 131 cm³/mol. The Morgan fingerprint density at radius 3 is 2.45 bits per heavy atom. The van der Waals surface area contributed by atoms with Gasteiger partial charge in [0.1, 0.15) is 0 Å². The van der Waals surface area contributed by atoms with Crippen LogP contribution in [0.2, 0.25) is 0 Å². The SMILES string of the molecule is C=C(c1cc(CNCCCCC)c(C)cc1C)N1CCC(c2ccc(C#N)cc2)CC1. The maximum Gasteiger partial charge on any atom is 0.0991 e. The van der Waals surface area contributed by atoms with E-state index in [0.717, 1.165) is 50.3 Å². The molecule has 2 aromatic carbocycles. The molecule has 1 saturated heterocycles. The molecule has 0 aliphatic carbocycles. The monoisotopic (exact) mass is 415 g/mol. The van der Waals surface area contributed by atoms with E-state index in [9.17, 15) is 0 Å². The average molecular weight is 416 g/mol. The molecule has 1 aliphatic rings. The van der Waals surface area contributed by atoms with Crippen LogP contribution in [0.5, 0.6) is 0 Å². The number of unbranched alkanes of at least 4 members (excludes halogenated alkanes) is 2. The molecule has 0 bridgehead atoms. The molecule has 0 radical (unpaired) electrons. The largest absolute Gasteiger partial charge is 0.371 e. The van der Waals surface area contributed by atoms with Gasteiger partial charge in [-0.1, -0.05) is 44.5 Å². The van der Waals surface area contributed by atoms with Crippen molar-refractivity contribution in [3.63, 3.8) is 0 Å². The minimum Gasteiger partial charge on any atom is -0.371 e. The number of likely N-dealkylation sites (tertiary alicyclic amines) is 1. The summed E-state index contributed by atoms with van der Waals surface area (Å²) in [5.74, 6) is 0.568. The summed E-state index contributed by atoms with van der Waals surface area (Å²) in [5, 5.41) is 12.6. The molecule has 1 heterocycles. The first-order valence-corrected chi connectivity index (χ1v) is 11.8. The summed E-state index contributed by atoms with van der Waals surface area (Å²) in [4.78, 5) is 2.45.